The smallest absolute Gasteiger partial charge is 0.343 e. The van der Waals surface area contributed by atoms with Crippen LogP contribution in [-0.2, 0) is 0 Å². The van der Waals surface area contributed by atoms with E-state index in [1.807, 2.05) is 49.4 Å². The lowest BCUT2D eigenvalue weighted by Gasteiger charge is -2.12. The van der Waals surface area contributed by atoms with E-state index in [-0.39, 0.29) is 5.97 Å². The highest BCUT2D eigenvalue weighted by Crippen LogP contribution is 2.40. The summed E-state index contributed by atoms with van der Waals surface area (Å²) in [5, 5.41) is 4.84. The number of hydrogen-bond acceptors (Lipinski definition) is 2. The number of hydrogen-bond donors (Lipinski definition) is 0. The monoisotopic (exact) mass is 632 g/mol. The molecule has 2 aromatic heterocycles. The molecule has 9 rings (SSSR count). The average Bonchev–Trinajstić information content (AvgIpc) is 3.64. The van der Waals surface area contributed by atoms with Crippen molar-refractivity contribution in [2.45, 2.75) is 13.8 Å². The van der Waals surface area contributed by atoms with Crippen molar-refractivity contribution < 1.29 is 9.53 Å². The normalized spacial score (nSPS) is 11.6. The summed E-state index contributed by atoms with van der Waals surface area (Å²) >= 11 is 0. The second-order valence-corrected chi connectivity index (χ2v) is 12.8. The molecule has 0 radical (unpaired) electrons. The molecule has 0 aliphatic carbocycles. The van der Waals surface area contributed by atoms with Gasteiger partial charge in [0.05, 0.1) is 27.6 Å². The van der Waals surface area contributed by atoms with Crippen molar-refractivity contribution >= 4 is 49.6 Å². The van der Waals surface area contributed by atoms with E-state index < -0.39 is 0 Å². The second kappa shape index (κ2) is 11.4. The number of nitrogens with zero attached hydrogens (tertiary/aromatic N) is 2. The first-order valence-corrected chi connectivity index (χ1v) is 16.5. The van der Waals surface area contributed by atoms with Crippen LogP contribution in [0.2, 0.25) is 0 Å². The number of aromatic nitrogens is 2. The minimum Gasteiger partial charge on any atom is -0.423 e. The lowest BCUT2D eigenvalue weighted by molar-refractivity contribution is 0.0734. The van der Waals surface area contributed by atoms with Crippen molar-refractivity contribution in [3.63, 3.8) is 0 Å². The predicted molar refractivity (Wildman–Crippen MR) is 201 cm³/mol. The number of benzene rings is 7. The Morgan fingerprint density at radius 3 is 1.63 bits per heavy atom. The summed E-state index contributed by atoms with van der Waals surface area (Å²) < 4.78 is 10.4. The molecule has 0 bridgehead atoms. The second-order valence-electron chi connectivity index (χ2n) is 12.8. The third-order valence-electron chi connectivity index (χ3n) is 9.49. The molecule has 0 N–H and O–H groups in total. The van der Waals surface area contributed by atoms with E-state index in [0.717, 1.165) is 39.1 Å². The van der Waals surface area contributed by atoms with Crippen molar-refractivity contribution in [2.24, 2.45) is 0 Å². The van der Waals surface area contributed by atoms with Gasteiger partial charge in [0.1, 0.15) is 5.75 Å². The first-order valence-electron chi connectivity index (χ1n) is 16.5. The van der Waals surface area contributed by atoms with Crippen LogP contribution in [0.1, 0.15) is 21.5 Å². The number of esters is 1. The molecule has 0 atom stereocenters. The maximum atomic E-state index is 13.1. The third-order valence-corrected chi connectivity index (χ3v) is 9.49. The van der Waals surface area contributed by atoms with Gasteiger partial charge in [-0.2, -0.15) is 0 Å². The van der Waals surface area contributed by atoms with Gasteiger partial charge in [0, 0.05) is 32.9 Å². The van der Waals surface area contributed by atoms with Crippen LogP contribution in [0.5, 0.6) is 5.75 Å². The van der Waals surface area contributed by atoms with Gasteiger partial charge in [0.15, 0.2) is 0 Å². The summed E-state index contributed by atoms with van der Waals surface area (Å²) in [6.45, 7) is 4.15. The Kier molecular flexibility index (Phi) is 6.70. The van der Waals surface area contributed by atoms with Gasteiger partial charge in [0.2, 0.25) is 0 Å². The van der Waals surface area contributed by atoms with E-state index in [4.69, 9.17) is 4.74 Å². The van der Waals surface area contributed by atoms with E-state index in [1.54, 1.807) is 6.07 Å². The molecule has 2 heterocycles. The molecule has 0 aliphatic rings. The number of aryl methyl sites for hydroxylation is 2. The highest BCUT2D eigenvalue weighted by atomic mass is 16.5. The van der Waals surface area contributed by atoms with Gasteiger partial charge in [0.25, 0.3) is 0 Å². The Balaban J connectivity index is 1.20. The summed E-state index contributed by atoms with van der Waals surface area (Å²) in [4.78, 5) is 13.1. The standard InChI is InChI=1S/C45H32N2O2/c1-29-20-22-36(23-21-29)49-45(48)33-13-8-11-31(25-33)32-12-9-15-35(26-32)47-42-19-6-4-17-38(42)40-27-43-39(28-44(40)47)37-16-3-5-18-41(37)46(43)34-14-7-10-30(2)24-34/h3-28H,1-2H3. The lowest BCUT2D eigenvalue weighted by atomic mass is 10.0. The summed E-state index contributed by atoms with van der Waals surface area (Å²) in [6.07, 6.45) is 0. The first-order chi connectivity index (χ1) is 24.0. The van der Waals surface area contributed by atoms with Gasteiger partial charge in [-0.15, -0.1) is 0 Å². The molecular formula is C45H32N2O2. The number of carbonyl (C=O) groups excluding carboxylic acids is 1. The lowest BCUT2D eigenvalue weighted by Crippen LogP contribution is -2.08. The van der Waals surface area contributed by atoms with Gasteiger partial charge < -0.3 is 13.9 Å². The van der Waals surface area contributed by atoms with Gasteiger partial charge in [-0.3, -0.25) is 0 Å². The number of rotatable bonds is 5. The van der Waals surface area contributed by atoms with Crippen molar-refractivity contribution in [1.82, 2.24) is 9.13 Å². The molecular weight excluding hydrogens is 601 g/mol. The minimum absolute atomic E-state index is 0.377. The third kappa shape index (κ3) is 4.88. The van der Waals surface area contributed by atoms with E-state index in [9.17, 15) is 4.79 Å². The van der Waals surface area contributed by atoms with Gasteiger partial charge >= 0.3 is 5.97 Å². The summed E-state index contributed by atoms with van der Waals surface area (Å²) in [7, 11) is 0. The fourth-order valence-corrected chi connectivity index (χ4v) is 7.18. The largest absolute Gasteiger partial charge is 0.423 e. The molecule has 0 saturated carbocycles. The van der Waals surface area contributed by atoms with E-state index >= 15 is 0 Å². The van der Waals surface area contributed by atoms with Gasteiger partial charge in [-0.1, -0.05) is 90.5 Å². The van der Waals surface area contributed by atoms with Crippen LogP contribution in [0.3, 0.4) is 0 Å². The van der Waals surface area contributed by atoms with E-state index in [0.29, 0.717) is 11.3 Å². The molecule has 7 aromatic carbocycles. The number of fused-ring (bicyclic) bond motifs is 6. The molecule has 4 heteroatoms. The fraction of sp³-hybridized carbons (Fsp3) is 0.0444. The van der Waals surface area contributed by atoms with Gasteiger partial charge in [-0.25, -0.2) is 4.79 Å². The molecule has 0 spiro atoms. The summed E-state index contributed by atoms with van der Waals surface area (Å²) in [5.41, 5.74) is 11.7. The van der Waals surface area contributed by atoms with Crippen molar-refractivity contribution in [2.75, 3.05) is 0 Å². The Bertz CT molecular complexity index is 2730. The molecule has 234 valence electrons. The number of para-hydroxylation sites is 2. The van der Waals surface area contributed by atoms with Crippen LogP contribution < -0.4 is 4.74 Å². The van der Waals surface area contributed by atoms with E-state index in [2.05, 4.69) is 125 Å². The maximum absolute atomic E-state index is 13.1. The van der Waals surface area contributed by atoms with Crippen LogP contribution in [0.15, 0.2) is 158 Å². The zero-order chi connectivity index (χ0) is 33.1. The molecule has 9 aromatic rings. The molecule has 0 aliphatic heterocycles. The Morgan fingerprint density at radius 1 is 0.449 bits per heavy atom. The highest BCUT2D eigenvalue weighted by Gasteiger charge is 2.19. The molecule has 0 fully saturated rings. The average molecular weight is 633 g/mol. The number of carbonyl (C=O) groups is 1. The molecule has 0 saturated heterocycles. The van der Waals surface area contributed by atoms with Gasteiger partial charge in [-0.05, 0) is 103 Å². The highest BCUT2D eigenvalue weighted by molar-refractivity contribution is 6.19. The maximum Gasteiger partial charge on any atom is 0.343 e. The zero-order valence-electron chi connectivity index (χ0n) is 27.2. The van der Waals surface area contributed by atoms with Crippen LogP contribution in [0.25, 0.3) is 66.1 Å². The van der Waals surface area contributed by atoms with E-state index in [1.165, 1.54) is 38.1 Å². The first kappa shape index (κ1) is 28.8. The Morgan fingerprint density at radius 2 is 1.00 bits per heavy atom. The SMILES string of the molecule is Cc1ccc(OC(=O)c2cccc(-c3cccc(-n4c5ccccc5c5cc6c(cc54)c4ccccc4n6-c4cccc(C)c4)c3)c2)cc1. The van der Waals surface area contributed by atoms with Crippen molar-refractivity contribution in [3.8, 4) is 28.3 Å². The Labute approximate surface area is 284 Å². The predicted octanol–water partition coefficient (Wildman–Crippen LogP) is 11.4. The van der Waals surface area contributed by atoms with Crippen LogP contribution in [0, 0.1) is 13.8 Å². The molecule has 4 nitrogen and oxygen atoms in total. The minimum atomic E-state index is -0.377. The van der Waals surface area contributed by atoms with Crippen LogP contribution in [-0.4, -0.2) is 15.1 Å². The van der Waals surface area contributed by atoms with Crippen LogP contribution >= 0.6 is 0 Å². The topological polar surface area (TPSA) is 36.2 Å². The van der Waals surface area contributed by atoms with Crippen LogP contribution in [0.4, 0.5) is 0 Å². The quantitative estimate of drug-likeness (QED) is 0.140. The summed E-state index contributed by atoms with van der Waals surface area (Å²) in [6, 6.07) is 54.4. The Hall–Kier alpha value is -6.39. The van der Waals surface area contributed by atoms with Crippen molar-refractivity contribution in [1.29, 1.82) is 0 Å². The summed E-state index contributed by atoms with van der Waals surface area (Å²) in [5.74, 6) is 0.156. The molecule has 0 amide bonds. The molecule has 0 unspecified atom stereocenters. The molecule has 49 heavy (non-hydrogen) atoms. The van der Waals surface area contributed by atoms with Crippen molar-refractivity contribution in [3.05, 3.63) is 174 Å². The fourth-order valence-electron chi connectivity index (χ4n) is 7.18. The number of ether oxygens (including phenoxy) is 1. The zero-order valence-corrected chi connectivity index (χ0v) is 27.2.